The Morgan fingerprint density at radius 1 is 1.83 bits per heavy atom. The second-order valence-corrected chi connectivity index (χ2v) is 0.679. The smallest absolute Gasteiger partial charge is 0.401 e. The Kier molecular flexibility index (Phi) is 3.06. The first-order valence-corrected chi connectivity index (χ1v) is 1.37. The molecule has 0 amide bonds. The summed E-state index contributed by atoms with van der Waals surface area (Å²) in [5.41, 5.74) is 0. The molecule has 6 heavy (non-hydrogen) atoms. The third-order valence-corrected chi connectivity index (χ3v) is 0.318. The van der Waals surface area contributed by atoms with Crippen LogP contribution >= 0.6 is 0 Å². The summed E-state index contributed by atoms with van der Waals surface area (Å²) >= 11 is 0. The second kappa shape index (κ2) is 3.11. The average Bonchev–Trinajstić information content (AvgIpc) is 1.65. The van der Waals surface area contributed by atoms with Crippen LogP contribution in [-0.4, -0.2) is 19.5 Å². The topological polar surface area (TPSA) is 64.7 Å². The average molecular weight is 90.9 g/mol. The maximum absolute atomic E-state index is 8.10. The van der Waals surface area contributed by atoms with Gasteiger partial charge < -0.3 is 14.4 Å². The van der Waals surface area contributed by atoms with Gasteiger partial charge in [-0.25, -0.2) is 5.90 Å². The Morgan fingerprint density at radius 2 is 2.33 bits per heavy atom. The van der Waals surface area contributed by atoms with Crippen molar-refractivity contribution in [2.24, 2.45) is 5.90 Å². The molecule has 0 bridgehead atoms. The summed E-state index contributed by atoms with van der Waals surface area (Å²) in [4.78, 5) is 0. The Balaban J connectivity index is 2.75. The molecule has 0 radical (unpaired) electrons. The van der Waals surface area contributed by atoms with Crippen molar-refractivity contribution in [3.05, 3.63) is 0 Å². The van der Waals surface area contributed by atoms with Crippen LogP contribution < -0.4 is 5.90 Å². The fourth-order valence-corrected chi connectivity index (χ4v) is 0.0556. The molecule has 3 N–H and O–H groups in total. The van der Waals surface area contributed by atoms with Gasteiger partial charge in [0.2, 0.25) is 0 Å². The van der Waals surface area contributed by atoms with Crippen molar-refractivity contribution in [1.29, 1.82) is 0 Å². The summed E-state index contributed by atoms with van der Waals surface area (Å²) in [6.45, 7) is 0. The first-order valence-electron chi connectivity index (χ1n) is 1.37. The zero-order chi connectivity index (χ0) is 4.99. The van der Waals surface area contributed by atoms with E-state index in [1.807, 2.05) is 0 Å². The minimum atomic E-state index is -1.29. The molecule has 0 unspecified atom stereocenters. The third kappa shape index (κ3) is 2.16. The van der Waals surface area contributed by atoms with Crippen molar-refractivity contribution in [2.75, 3.05) is 7.11 Å². The van der Waals surface area contributed by atoms with E-state index < -0.39 is 7.32 Å². The Labute approximate surface area is 36.0 Å². The van der Waals surface area contributed by atoms with Crippen molar-refractivity contribution in [3.63, 3.8) is 0 Å². The van der Waals surface area contributed by atoms with E-state index in [0.29, 0.717) is 0 Å². The van der Waals surface area contributed by atoms with Gasteiger partial charge in [-0.2, -0.15) is 0 Å². The van der Waals surface area contributed by atoms with Crippen molar-refractivity contribution in [3.8, 4) is 0 Å². The maximum Gasteiger partial charge on any atom is 0.653 e. The Hall–Kier alpha value is -0.0951. The molecule has 4 nitrogen and oxygen atoms in total. The molecule has 5 heteroatoms. The highest BCUT2D eigenvalue weighted by Crippen LogP contribution is 1.68. The molecule has 0 rings (SSSR count). The molecule has 0 spiro atoms. The van der Waals surface area contributed by atoms with Crippen LogP contribution in [0.3, 0.4) is 0 Å². The fraction of sp³-hybridized carbons (Fsp3) is 1.00. The van der Waals surface area contributed by atoms with E-state index in [1.54, 1.807) is 0 Å². The molecule has 0 aromatic rings. The van der Waals surface area contributed by atoms with Gasteiger partial charge in [-0.15, -0.1) is 0 Å². The van der Waals surface area contributed by atoms with Crippen LogP contribution in [-0.2, 0) is 9.41 Å². The molecule has 0 aliphatic heterocycles. The van der Waals surface area contributed by atoms with Crippen molar-refractivity contribution in [2.45, 2.75) is 0 Å². The monoisotopic (exact) mass is 91.0 g/mol. The molecule has 0 fully saturated rings. The van der Waals surface area contributed by atoms with Crippen LogP contribution in [0.25, 0.3) is 0 Å². The lowest BCUT2D eigenvalue weighted by Crippen LogP contribution is -2.23. The molecule has 0 heterocycles. The molecule has 0 aliphatic rings. The van der Waals surface area contributed by atoms with E-state index in [2.05, 4.69) is 15.3 Å². The van der Waals surface area contributed by atoms with E-state index >= 15 is 0 Å². The molecule has 0 saturated heterocycles. The second-order valence-electron chi connectivity index (χ2n) is 0.679. The van der Waals surface area contributed by atoms with Gasteiger partial charge in [-0.05, 0) is 0 Å². The van der Waals surface area contributed by atoms with Crippen molar-refractivity contribution >= 4 is 7.32 Å². The highest BCUT2D eigenvalue weighted by molar-refractivity contribution is 6.34. The predicted molar refractivity (Wildman–Crippen MR) is 20.3 cm³/mol. The van der Waals surface area contributed by atoms with Gasteiger partial charge in [-0.3, -0.25) is 0 Å². The zero-order valence-electron chi connectivity index (χ0n) is 3.42. The highest BCUT2D eigenvalue weighted by Gasteiger charge is 2.08. The molecule has 0 saturated carbocycles. The lowest BCUT2D eigenvalue weighted by Gasteiger charge is -1.93. The number of hydrogen-bond acceptors (Lipinski definition) is 4. The standard InChI is InChI=1S/CH6BNO3/c1-5-2(4)6-3/h4H,3H2,1H3. The quantitative estimate of drug-likeness (QED) is 0.320. The fourth-order valence-electron chi connectivity index (χ4n) is 0.0556. The molecular formula is CH6BNO3. The van der Waals surface area contributed by atoms with Gasteiger partial charge in [0.05, 0.1) is 0 Å². The van der Waals surface area contributed by atoms with Crippen molar-refractivity contribution in [1.82, 2.24) is 0 Å². The molecule has 0 aromatic heterocycles. The largest absolute Gasteiger partial charge is 0.653 e. The molecule has 36 valence electrons. The van der Waals surface area contributed by atoms with E-state index in [0.717, 1.165) is 0 Å². The van der Waals surface area contributed by atoms with Crippen LogP contribution in [0.1, 0.15) is 0 Å². The highest BCUT2D eigenvalue weighted by atomic mass is 16.7. The summed E-state index contributed by atoms with van der Waals surface area (Å²) < 4.78 is 7.84. The van der Waals surface area contributed by atoms with Gasteiger partial charge in [0.1, 0.15) is 0 Å². The Bertz CT molecular complexity index is 30.0. The first-order chi connectivity index (χ1) is 2.81. The van der Waals surface area contributed by atoms with Crippen LogP contribution in [0.15, 0.2) is 0 Å². The van der Waals surface area contributed by atoms with E-state index in [-0.39, 0.29) is 0 Å². The van der Waals surface area contributed by atoms with Crippen LogP contribution in [0.5, 0.6) is 0 Å². The summed E-state index contributed by atoms with van der Waals surface area (Å²) in [7, 11) is -0.0117. The summed E-state index contributed by atoms with van der Waals surface area (Å²) in [6, 6.07) is 0. The number of hydrogen-bond donors (Lipinski definition) is 2. The van der Waals surface area contributed by atoms with Crippen LogP contribution in [0.4, 0.5) is 0 Å². The number of nitrogens with two attached hydrogens (primary N) is 1. The maximum atomic E-state index is 8.10. The van der Waals surface area contributed by atoms with E-state index in [9.17, 15) is 0 Å². The molecule has 0 aromatic carbocycles. The molecule has 0 aliphatic carbocycles. The Morgan fingerprint density at radius 3 is 2.33 bits per heavy atom. The van der Waals surface area contributed by atoms with Gasteiger partial charge in [0.25, 0.3) is 0 Å². The SMILES string of the molecule is COB(O)ON. The van der Waals surface area contributed by atoms with Gasteiger partial charge >= 0.3 is 7.32 Å². The normalized spacial score (nSPS) is 8.50. The van der Waals surface area contributed by atoms with Gasteiger partial charge in [0.15, 0.2) is 0 Å². The van der Waals surface area contributed by atoms with Gasteiger partial charge in [-0.1, -0.05) is 0 Å². The van der Waals surface area contributed by atoms with Crippen LogP contribution in [0.2, 0.25) is 0 Å². The van der Waals surface area contributed by atoms with E-state index in [1.165, 1.54) is 7.11 Å². The number of rotatable bonds is 2. The predicted octanol–water partition coefficient (Wildman–Crippen LogP) is -1.50. The minimum Gasteiger partial charge on any atom is -0.401 e. The summed E-state index contributed by atoms with van der Waals surface area (Å²) in [5, 5.41) is 8.10. The minimum absolute atomic E-state index is 1.28. The molecular weight excluding hydrogens is 84.8 g/mol. The van der Waals surface area contributed by atoms with Crippen LogP contribution in [0, 0.1) is 0 Å². The van der Waals surface area contributed by atoms with Gasteiger partial charge in [0, 0.05) is 7.11 Å². The lowest BCUT2D eigenvalue weighted by atomic mass is 10.3. The van der Waals surface area contributed by atoms with Crippen molar-refractivity contribution < 1.29 is 14.4 Å². The third-order valence-electron chi connectivity index (χ3n) is 0.318. The lowest BCUT2D eigenvalue weighted by molar-refractivity contribution is 0.162. The zero-order valence-corrected chi connectivity index (χ0v) is 3.42. The molecule has 0 atom stereocenters. The summed E-state index contributed by atoms with van der Waals surface area (Å²) in [6.07, 6.45) is 0. The first kappa shape index (κ1) is 5.90. The summed E-state index contributed by atoms with van der Waals surface area (Å²) in [5.74, 6) is 4.41. The van der Waals surface area contributed by atoms with E-state index in [4.69, 9.17) is 5.02 Å².